The number of ether oxygens (including phenoxy) is 1. The van der Waals surface area contributed by atoms with Gasteiger partial charge in [0, 0.05) is 12.7 Å². The number of nitrogens with zero attached hydrogens (tertiary/aromatic N) is 1. The Morgan fingerprint density at radius 3 is 2.62 bits per heavy atom. The molecule has 4 nitrogen and oxygen atoms in total. The minimum absolute atomic E-state index is 0.0952. The molecule has 0 aliphatic rings. The van der Waals surface area contributed by atoms with Gasteiger partial charge in [0.2, 0.25) is 0 Å². The Morgan fingerprint density at radius 1 is 1.29 bits per heavy atom. The van der Waals surface area contributed by atoms with E-state index in [1.807, 2.05) is 24.3 Å². The molecule has 2 aromatic rings. The molecule has 0 unspecified atom stereocenters. The van der Waals surface area contributed by atoms with E-state index in [0.717, 1.165) is 16.3 Å². The molecule has 0 fully saturated rings. The van der Waals surface area contributed by atoms with Crippen molar-refractivity contribution in [3.05, 3.63) is 46.2 Å². The molecule has 1 N–H and O–H groups in total. The van der Waals surface area contributed by atoms with E-state index < -0.39 is 0 Å². The maximum absolute atomic E-state index is 12.4. The van der Waals surface area contributed by atoms with Crippen molar-refractivity contribution in [2.24, 2.45) is 0 Å². The minimum atomic E-state index is -0.188. The van der Waals surface area contributed by atoms with E-state index in [1.54, 1.807) is 31.2 Å². The fourth-order valence-corrected chi connectivity index (χ4v) is 2.59. The van der Waals surface area contributed by atoms with Crippen LogP contribution in [0.25, 0.3) is 0 Å². The summed E-state index contributed by atoms with van der Waals surface area (Å²) in [7, 11) is 3.33. The van der Waals surface area contributed by atoms with Gasteiger partial charge < -0.3 is 14.7 Å². The van der Waals surface area contributed by atoms with Gasteiger partial charge in [-0.15, -0.1) is 11.3 Å². The highest BCUT2D eigenvalue weighted by atomic mass is 32.1. The lowest BCUT2D eigenvalue weighted by molar-refractivity contribution is 0.0997. The number of benzene rings is 1. The summed E-state index contributed by atoms with van der Waals surface area (Å²) in [6.07, 6.45) is 0. The maximum Gasteiger partial charge on any atom is 0.268 e. The van der Waals surface area contributed by atoms with Gasteiger partial charge in [0.05, 0.1) is 16.9 Å². The van der Waals surface area contributed by atoms with Crippen LogP contribution < -0.4 is 9.64 Å². The summed E-state index contributed by atoms with van der Waals surface area (Å²) in [4.78, 5) is 15.3. The van der Waals surface area contributed by atoms with Crippen LogP contribution in [0.3, 0.4) is 0 Å². The van der Waals surface area contributed by atoms with Gasteiger partial charge in [0.1, 0.15) is 12.4 Å². The number of anilines is 1. The maximum atomic E-state index is 12.4. The number of methoxy groups -OCH3 is 1. The summed E-state index contributed by atoms with van der Waals surface area (Å²) < 4.78 is 5.10. The molecule has 0 aliphatic heterocycles. The van der Waals surface area contributed by atoms with E-state index in [-0.39, 0.29) is 12.5 Å². The molecule has 2 rings (SSSR count). The molecule has 0 atom stereocenters. The van der Waals surface area contributed by atoms with E-state index in [1.165, 1.54) is 11.3 Å². The quantitative estimate of drug-likeness (QED) is 0.886. The summed E-state index contributed by atoms with van der Waals surface area (Å²) in [5.74, 6) is 6.01. The van der Waals surface area contributed by atoms with E-state index in [2.05, 4.69) is 11.8 Å². The lowest BCUT2D eigenvalue weighted by Gasteiger charge is -2.16. The number of hydrogen-bond acceptors (Lipinski definition) is 4. The third-order valence-corrected chi connectivity index (χ3v) is 3.86. The lowest BCUT2D eigenvalue weighted by Crippen LogP contribution is -2.25. The Balaban J connectivity index is 2.16. The van der Waals surface area contributed by atoms with Crippen molar-refractivity contribution in [2.75, 3.05) is 25.7 Å². The zero-order valence-electron chi connectivity index (χ0n) is 11.8. The molecule has 1 heterocycles. The average molecular weight is 301 g/mol. The first-order chi connectivity index (χ1) is 10.2. The Kier molecular flexibility index (Phi) is 4.99. The van der Waals surface area contributed by atoms with Crippen molar-refractivity contribution in [1.82, 2.24) is 0 Å². The minimum Gasteiger partial charge on any atom is -0.497 e. The summed E-state index contributed by atoms with van der Waals surface area (Å²) in [5, 5.41) is 8.67. The summed E-state index contributed by atoms with van der Waals surface area (Å²) in [6, 6.07) is 10.8. The van der Waals surface area contributed by atoms with Gasteiger partial charge in [-0.3, -0.25) is 4.79 Å². The first-order valence-electron chi connectivity index (χ1n) is 6.27. The topological polar surface area (TPSA) is 49.8 Å². The zero-order chi connectivity index (χ0) is 15.2. The van der Waals surface area contributed by atoms with Gasteiger partial charge in [-0.2, -0.15) is 0 Å². The SMILES string of the molecule is COc1ccc(N(C)C(=O)c2ccc(C#CCO)s2)cc1. The molecule has 1 aromatic carbocycles. The average Bonchev–Trinajstić information content (AvgIpc) is 3.00. The highest BCUT2D eigenvalue weighted by Crippen LogP contribution is 2.22. The molecule has 0 bridgehead atoms. The molecule has 0 saturated heterocycles. The van der Waals surface area contributed by atoms with Gasteiger partial charge in [-0.1, -0.05) is 11.8 Å². The van der Waals surface area contributed by atoms with Crippen molar-refractivity contribution in [1.29, 1.82) is 0 Å². The molecule has 0 radical (unpaired) electrons. The second-order valence-electron chi connectivity index (χ2n) is 4.19. The number of aliphatic hydroxyl groups excluding tert-OH is 1. The van der Waals surface area contributed by atoms with Gasteiger partial charge in [0.25, 0.3) is 5.91 Å². The number of carbonyl (C=O) groups is 1. The molecular weight excluding hydrogens is 286 g/mol. The van der Waals surface area contributed by atoms with Gasteiger partial charge in [-0.05, 0) is 36.4 Å². The van der Waals surface area contributed by atoms with Crippen molar-refractivity contribution in [3.63, 3.8) is 0 Å². The van der Waals surface area contributed by atoms with E-state index >= 15 is 0 Å². The first-order valence-corrected chi connectivity index (χ1v) is 7.09. The normalized spacial score (nSPS) is 9.67. The van der Waals surface area contributed by atoms with Gasteiger partial charge in [0.15, 0.2) is 0 Å². The number of amides is 1. The number of thiophene rings is 1. The smallest absolute Gasteiger partial charge is 0.268 e. The van der Waals surface area contributed by atoms with Crippen molar-refractivity contribution in [2.45, 2.75) is 0 Å². The van der Waals surface area contributed by atoms with Crippen LogP contribution in [0.5, 0.6) is 5.75 Å². The Bertz CT molecular complexity index is 680. The Hall–Kier alpha value is -2.29. The molecule has 108 valence electrons. The monoisotopic (exact) mass is 301 g/mol. The molecule has 1 aromatic heterocycles. The second kappa shape index (κ2) is 6.93. The highest BCUT2D eigenvalue weighted by Gasteiger charge is 2.15. The lowest BCUT2D eigenvalue weighted by atomic mass is 10.2. The number of hydrogen-bond donors (Lipinski definition) is 1. The van der Waals surface area contributed by atoms with Crippen LogP contribution in [-0.4, -0.2) is 31.8 Å². The third-order valence-electron chi connectivity index (χ3n) is 2.87. The Labute approximate surface area is 127 Å². The van der Waals surface area contributed by atoms with Crippen LogP contribution in [-0.2, 0) is 0 Å². The van der Waals surface area contributed by atoms with Crippen LogP contribution in [0.4, 0.5) is 5.69 Å². The van der Waals surface area contributed by atoms with Crippen LogP contribution >= 0.6 is 11.3 Å². The van der Waals surface area contributed by atoms with Crippen LogP contribution in [0, 0.1) is 11.8 Å². The standard InChI is InChI=1S/C16H15NO3S/c1-17(12-5-7-13(20-2)8-6-12)16(19)15-10-9-14(21-15)4-3-11-18/h5-10,18H,11H2,1-2H3. The molecule has 0 saturated carbocycles. The van der Waals surface area contributed by atoms with Gasteiger partial charge in [-0.25, -0.2) is 0 Å². The summed E-state index contributed by atoms with van der Waals surface area (Å²) >= 11 is 1.31. The predicted octanol–water partition coefficient (Wildman–Crippen LogP) is 2.38. The van der Waals surface area contributed by atoms with Crippen molar-refractivity contribution >= 4 is 22.9 Å². The Morgan fingerprint density at radius 2 is 2.00 bits per heavy atom. The number of aliphatic hydroxyl groups is 1. The second-order valence-corrected chi connectivity index (χ2v) is 5.27. The van der Waals surface area contributed by atoms with Gasteiger partial charge >= 0.3 is 0 Å². The largest absolute Gasteiger partial charge is 0.497 e. The summed E-state index contributed by atoms with van der Waals surface area (Å²) in [5.41, 5.74) is 0.789. The molecule has 0 spiro atoms. The molecule has 5 heteroatoms. The fraction of sp³-hybridized carbons (Fsp3) is 0.188. The van der Waals surface area contributed by atoms with E-state index in [9.17, 15) is 4.79 Å². The first kappa shape index (κ1) is 15.1. The molecule has 21 heavy (non-hydrogen) atoms. The molecule has 0 aliphatic carbocycles. The van der Waals surface area contributed by atoms with E-state index in [0.29, 0.717) is 4.88 Å². The van der Waals surface area contributed by atoms with Crippen molar-refractivity contribution < 1.29 is 14.6 Å². The fourth-order valence-electron chi connectivity index (χ4n) is 1.74. The van der Waals surface area contributed by atoms with Crippen LogP contribution in [0.15, 0.2) is 36.4 Å². The molecule has 1 amide bonds. The predicted molar refractivity (Wildman–Crippen MR) is 84.0 cm³/mol. The zero-order valence-corrected chi connectivity index (χ0v) is 12.6. The number of rotatable bonds is 3. The third kappa shape index (κ3) is 3.63. The van der Waals surface area contributed by atoms with Crippen LogP contribution in [0.1, 0.15) is 14.5 Å². The summed E-state index contributed by atoms with van der Waals surface area (Å²) in [6.45, 7) is -0.188. The molecular formula is C16H15NO3S. The van der Waals surface area contributed by atoms with E-state index in [4.69, 9.17) is 9.84 Å². The van der Waals surface area contributed by atoms with Crippen LogP contribution in [0.2, 0.25) is 0 Å². The number of carbonyl (C=O) groups excluding carboxylic acids is 1. The highest BCUT2D eigenvalue weighted by molar-refractivity contribution is 7.14. The van der Waals surface area contributed by atoms with Crippen molar-refractivity contribution in [3.8, 4) is 17.6 Å².